The highest BCUT2D eigenvalue weighted by Gasteiger charge is 2.02. The number of aryl methyl sites for hydroxylation is 1. The van der Waals surface area contributed by atoms with Crippen LogP contribution in [-0.4, -0.2) is 36.8 Å². The normalized spacial score (nSPS) is 10.3. The van der Waals surface area contributed by atoms with Crippen LogP contribution in [0, 0.1) is 0 Å². The molecule has 0 spiro atoms. The first kappa shape index (κ1) is 13.7. The maximum atomic E-state index is 5.27. The number of anilines is 2. The summed E-state index contributed by atoms with van der Waals surface area (Å²) in [6, 6.07) is 1.91. The lowest BCUT2D eigenvalue weighted by Gasteiger charge is -2.09. The van der Waals surface area contributed by atoms with Gasteiger partial charge in [0.25, 0.3) is 0 Å². The predicted octanol–water partition coefficient (Wildman–Crippen LogP) is 1.92. The van der Waals surface area contributed by atoms with E-state index in [2.05, 4.69) is 27.5 Å². The minimum atomic E-state index is 0.693. The lowest BCUT2D eigenvalue weighted by atomic mass is 10.3. The molecule has 0 atom stereocenters. The molecule has 0 aliphatic heterocycles. The van der Waals surface area contributed by atoms with Gasteiger partial charge in [-0.05, 0) is 13.3 Å². The van der Waals surface area contributed by atoms with Crippen molar-refractivity contribution in [3.05, 3.63) is 11.9 Å². The summed E-state index contributed by atoms with van der Waals surface area (Å²) in [5, 5.41) is 6.28. The van der Waals surface area contributed by atoms with Gasteiger partial charge in [-0.2, -0.15) is 0 Å². The number of aromatic nitrogens is 2. The van der Waals surface area contributed by atoms with Gasteiger partial charge in [0.15, 0.2) is 0 Å². The molecule has 17 heavy (non-hydrogen) atoms. The van der Waals surface area contributed by atoms with Gasteiger partial charge < -0.3 is 15.4 Å². The zero-order valence-electron chi connectivity index (χ0n) is 10.9. The average molecular weight is 238 g/mol. The third-order valence-electron chi connectivity index (χ3n) is 2.26. The minimum absolute atomic E-state index is 0.693. The Labute approximate surface area is 103 Å². The van der Waals surface area contributed by atoms with E-state index in [1.54, 1.807) is 0 Å². The van der Waals surface area contributed by atoms with Crippen LogP contribution in [0.1, 0.15) is 26.1 Å². The maximum absolute atomic E-state index is 5.27. The van der Waals surface area contributed by atoms with E-state index in [0.29, 0.717) is 6.61 Å². The van der Waals surface area contributed by atoms with E-state index >= 15 is 0 Å². The fraction of sp³-hybridized carbons (Fsp3) is 0.667. The summed E-state index contributed by atoms with van der Waals surface area (Å²) in [5.74, 6) is 2.58. The van der Waals surface area contributed by atoms with Crippen LogP contribution >= 0.6 is 0 Å². The Hall–Kier alpha value is -1.36. The fourth-order valence-electron chi connectivity index (χ4n) is 1.45. The molecule has 0 saturated heterocycles. The van der Waals surface area contributed by atoms with Crippen molar-refractivity contribution in [3.63, 3.8) is 0 Å². The van der Waals surface area contributed by atoms with E-state index in [0.717, 1.165) is 43.5 Å². The molecule has 1 aromatic rings. The molecular weight excluding hydrogens is 216 g/mol. The van der Waals surface area contributed by atoms with E-state index in [1.807, 2.05) is 20.0 Å². The Morgan fingerprint density at radius 2 is 2.00 bits per heavy atom. The Morgan fingerprint density at radius 3 is 2.65 bits per heavy atom. The van der Waals surface area contributed by atoms with Crippen LogP contribution in [-0.2, 0) is 11.2 Å². The predicted molar refractivity (Wildman–Crippen MR) is 70.6 cm³/mol. The quantitative estimate of drug-likeness (QED) is 0.678. The molecule has 0 bridgehead atoms. The second kappa shape index (κ2) is 7.84. The van der Waals surface area contributed by atoms with Crippen LogP contribution in [0.25, 0.3) is 0 Å². The van der Waals surface area contributed by atoms with Gasteiger partial charge in [0.2, 0.25) is 0 Å². The Balaban J connectivity index is 2.59. The van der Waals surface area contributed by atoms with Crippen LogP contribution in [0.3, 0.4) is 0 Å². The first-order valence-electron chi connectivity index (χ1n) is 6.17. The van der Waals surface area contributed by atoms with Crippen molar-refractivity contribution < 1.29 is 4.74 Å². The number of hydrogen-bond acceptors (Lipinski definition) is 5. The van der Waals surface area contributed by atoms with Crippen molar-refractivity contribution >= 4 is 11.6 Å². The standard InChI is InChI=1S/C12H22N4O/c1-4-6-10-15-11(13-3)9-12(16-10)14-7-8-17-5-2/h9H,4-8H2,1-3H3,(H2,13,14,15,16). The molecule has 2 N–H and O–H groups in total. The summed E-state index contributed by atoms with van der Waals surface area (Å²) >= 11 is 0. The number of nitrogens with one attached hydrogen (secondary N) is 2. The second-order valence-electron chi connectivity index (χ2n) is 3.68. The lowest BCUT2D eigenvalue weighted by molar-refractivity contribution is 0.158. The lowest BCUT2D eigenvalue weighted by Crippen LogP contribution is -2.12. The molecule has 0 unspecified atom stereocenters. The van der Waals surface area contributed by atoms with Gasteiger partial charge in [0, 0.05) is 32.7 Å². The van der Waals surface area contributed by atoms with Crippen LogP contribution in [0.4, 0.5) is 11.6 Å². The van der Waals surface area contributed by atoms with Crippen LogP contribution < -0.4 is 10.6 Å². The van der Waals surface area contributed by atoms with E-state index < -0.39 is 0 Å². The Kier molecular flexibility index (Phi) is 6.32. The zero-order chi connectivity index (χ0) is 12.5. The molecule has 0 radical (unpaired) electrons. The van der Waals surface area contributed by atoms with Gasteiger partial charge in [-0.1, -0.05) is 6.92 Å². The highest BCUT2D eigenvalue weighted by atomic mass is 16.5. The summed E-state index contributed by atoms with van der Waals surface area (Å²) in [4.78, 5) is 8.84. The molecule has 0 aliphatic carbocycles. The van der Waals surface area contributed by atoms with E-state index in [9.17, 15) is 0 Å². The monoisotopic (exact) mass is 238 g/mol. The first-order valence-corrected chi connectivity index (χ1v) is 6.17. The molecule has 96 valence electrons. The highest BCUT2D eigenvalue weighted by molar-refractivity contribution is 5.47. The molecule has 0 aliphatic rings. The number of nitrogens with zero attached hydrogens (tertiary/aromatic N) is 2. The summed E-state index contributed by atoms with van der Waals surface area (Å²) < 4.78 is 5.27. The minimum Gasteiger partial charge on any atom is -0.380 e. The third kappa shape index (κ3) is 4.99. The molecule has 5 heteroatoms. The molecule has 0 aromatic carbocycles. The number of hydrogen-bond donors (Lipinski definition) is 2. The number of ether oxygens (including phenoxy) is 1. The zero-order valence-corrected chi connectivity index (χ0v) is 10.9. The van der Waals surface area contributed by atoms with Crippen LogP contribution in [0.5, 0.6) is 0 Å². The van der Waals surface area contributed by atoms with Gasteiger partial charge in [-0.15, -0.1) is 0 Å². The Bertz CT molecular complexity index is 330. The summed E-state index contributed by atoms with van der Waals surface area (Å²) in [6.45, 7) is 6.31. The second-order valence-corrected chi connectivity index (χ2v) is 3.68. The molecule has 0 saturated carbocycles. The van der Waals surface area contributed by atoms with Crippen molar-refractivity contribution in [2.45, 2.75) is 26.7 Å². The molecule has 1 aromatic heterocycles. The van der Waals surface area contributed by atoms with E-state index in [1.165, 1.54) is 0 Å². The van der Waals surface area contributed by atoms with Gasteiger partial charge in [0.1, 0.15) is 17.5 Å². The van der Waals surface area contributed by atoms with Crippen molar-refractivity contribution in [1.82, 2.24) is 9.97 Å². The van der Waals surface area contributed by atoms with Gasteiger partial charge in [0.05, 0.1) is 6.61 Å². The van der Waals surface area contributed by atoms with Crippen molar-refractivity contribution in [2.75, 3.05) is 37.4 Å². The molecule has 0 amide bonds. The van der Waals surface area contributed by atoms with Gasteiger partial charge >= 0.3 is 0 Å². The molecule has 1 rings (SSSR count). The summed E-state index contributed by atoms with van der Waals surface area (Å²) in [5.41, 5.74) is 0. The van der Waals surface area contributed by atoms with Crippen molar-refractivity contribution in [3.8, 4) is 0 Å². The third-order valence-corrected chi connectivity index (χ3v) is 2.26. The maximum Gasteiger partial charge on any atom is 0.133 e. The average Bonchev–Trinajstić information content (AvgIpc) is 2.35. The Morgan fingerprint density at radius 1 is 1.24 bits per heavy atom. The van der Waals surface area contributed by atoms with Gasteiger partial charge in [-0.25, -0.2) is 9.97 Å². The molecular formula is C12H22N4O. The van der Waals surface area contributed by atoms with E-state index in [4.69, 9.17) is 4.74 Å². The van der Waals surface area contributed by atoms with Gasteiger partial charge in [-0.3, -0.25) is 0 Å². The fourth-order valence-corrected chi connectivity index (χ4v) is 1.45. The highest BCUT2D eigenvalue weighted by Crippen LogP contribution is 2.11. The number of rotatable bonds is 8. The molecule has 0 fully saturated rings. The first-order chi connectivity index (χ1) is 8.30. The smallest absolute Gasteiger partial charge is 0.133 e. The van der Waals surface area contributed by atoms with E-state index in [-0.39, 0.29) is 0 Å². The van der Waals surface area contributed by atoms with Crippen LogP contribution in [0.15, 0.2) is 6.07 Å². The topological polar surface area (TPSA) is 59.1 Å². The molecule has 1 heterocycles. The summed E-state index contributed by atoms with van der Waals surface area (Å²) in [7, 11) is 1.86. The largest absolute Gasteiger partial charge is 0.380 e. The SMILES string of the molecule is CCCc1nc(NC)cc(NCCOCC)n1. The van der Waals surface area contributed by atoms with Crippen molar-refractivity contribution in [1.29, 1.82) is 0 Å². The summed E-state index contributed by atoms with van der Waals surface area (Å²) in [6.07, 6.45) is 1.95. The van der Waals surface area contributed by atoms with Crippen molar-refractivity contribution in [2.24, 2.45) is 0 Å². The van der Waals surface area contributed by atoms with Crippen LogP contribution in [0.2, 0.25) is 0 Å². The molecule has 5 nitrogen and oxygen atoms in total.